The molecule has 0 bridgehead atoms. The van der Waals surface area contributed by atoms with Crippen molar-refractivity contribution in [3.63, 3.8) is 0 Å². The topological polar surface area (TPSA) is 54.8 Å². The number of aromatic nitrogens is 1. The van der Waals surface area contributed by atoms with Crippen LogP contribution in [0.5, 0.6) is 5.75 Å². The highest BCUT2D eigenvalue weighted by molar-refractivity contribution is 5.94. The summed E-state index contributed by atoms with van der Waals surface area (Å²) in [7, 11) is 1.65. The van der Waals surface area contributed by atoms with Crippen molar-refractivity contribution in [2.45, 2.75) is 19.9 Å². The molecule has 156 valence electrons. The highest BCUT2D eigenvalue weighted by Gasteiger charge is 2.23. The number of hydrogen-bond donors (Lipinski definition) is 0. The Balaban J connectivity index is 1.41. The van der Waals surface area contributed by atoms with Crippen LogP contribution >= 0.6 is 0 Å². The molecule has 1 aromatic heterocycles. The van der Waals surface area contributed by atoms with Gasteiger partial charge in [-0.1, -0.05) is 17.7 Å². The van der Waals surface area contributed by atoms with Gasteiger partial charge in [-0.05, 0) is 49.7 Å². The minimum absolute atomic E-state index is 0.0401. The van der Waals surface area contributed by atoms with Crippen LogP contribution in [-0.2, 0) is 11.3 Å². The van der Waals surface area contributed by atoms with Crippen LogP contribution in [0.1, 0.15) is 22.3 Å². The van der Waals surface area contributed by atoms with Crippen LogP contribution in [0.3, 0.4) is 0 Å². The molecular formula is C24H27N3O3. The van der Waals surface area contributed by atoms with Gasteiger partial charge in [-0.25, -0.2) is 0 Å². The van der Waals surface area contributed by atoms with E-state index in [1.807, 2.05) is 76.0 Å². The van der Waals surface area contributed by atoms with E-state index >= 15 is 0 Å². The minimum Gasteiger partial charge on any atom is -0.497 e. The van der Waals surface area contributed by atoms with Gasteiger partial charge in [-0.2, -0.15) is 0 Å². The molecule has 6 heteroatoms. The summed E-state index contributed by atoms with van der Waals surface area (Å²) < 4.78 is 7.24. The molecule has 2 aromatic carbocycles. The van der Waals surface area contributed by atoms with Gasteiger partial charge >= 0.3 is 0 Å². The molecule has 6 nitrogen and oxygen atoms in total. The molecular weight excluding hydrogens is 378 g/mol. The number of ether oxygens (including phenoxy) is 1. The minimum atomic E-state index is 0.0401. The maximum absolute atomic E-state index is 13.0. The third-order valence-electron chi connectivity index (χ3n) is 5.68. The van der Waals surface area contributed by atoms with Crippen LogP contribution in [0, 0.1) is 6.92 Å². The number of aryl methyl sites for hydroxylation is 1. The van der Waals surface area contributed by atoms with Gasteiger partial charge in [0.2, 0.25) is 5.91 Å². The molecule has 0 spiro atoms. The van der Waals surface area contributed by atoms with E-state index in [1.54, 1.807) is 7.11 Å². The lowest BCUT2D eigenvalue weighted by Gasteiger charge is -2.23. The predicted octanol–water partition coefficient (Wildman–Crippen LogP) is 3.33. The molecule has 1 fully saturated rings. The summed E-state index contributed by atoms with van der Waals surface area (Å²) in [4.78, 5) is 29.5. The second-order valence-corrected chi connectivity index (χ2v) is 7.76. The van der Waals surface area contributed by atoms with Crippen molar-refractivity contribution in [2.75, 3.05) is 33.3 Å². The maximum Gasteiger partial charge on any atom is 0.253 e. The number of nitrogens with zero attached hydrogens (tertiary/aromatic N) is 3. The molecule has 0 aliphatic carbocycles. The van der Waals surface area contributed by atoms with Crippen molar-refractivity contribution >= 4 is 22.7 Å². The first-order valence-corrected chi connectivity index (χ1v) is 10.3. The van der Waals surface area contributed by atoms with E-state index < -0.39 is 0 Å². The van der Waals surface area contributed by atoms with Gasteiger partial charge in [0, 0.05) is 48.8 Å². The van der Waals surface area contributed by atoms with E-state index in [0.29, 0.717) is 38.3 Å². The van der Waals surface area contributed by atoms with Gasteiger partial charge in [0.1, 0.15) is 12.3 Å². The molecule has 2 amide bonds. The van der Waals surface area contributed by atoms with Crippen LogP contribution in [-0.4, -0.2) is 59.5 Å². The fourth-order valence-electron chi connectivity index (χ4n) is 4.02. The van der Waals surface area contributed by atoms with Crippen LogP contribution < -0.4 is 4.74 Å². The summed E-state index contributed by atoms with van der Waals surface area (Å²) in [6, 6.07) is 15.5. The number of rotatable bonds is 4. The number of carbonyl (C=O) groups excluding carboxylic acids is 2. The predicted molar refractivity (Wildman–Crippen MR) is 117 cm³/mol. The molecule has 1 aliphatic heterocycles. The van der Waals surface area contributed by atoms with E-state index in [0.717, 1.165) is 28.6 Å². The van der Waals surface area contributed by atoms with Gasteiger partial charge in [0.25, 0.3) is 5.91 Å². The molecule has 0 unspecified atom stereocenters. The molecule has 0 saturated carbocycles. The average molecular weight is 405 g/mol. The van der Waals surface area contributed by atoms with Gasteiger partial charge in [0.05, 0.1) is 7.11 Å². The molecule has 0 atom stereocenters. The Morgan fingerprint density at radius 2 is 1.77 bits per heavy atom. The van der Waals surface area contributed by atoms with Gasteiger partial charge < -0.3 is 19.1 Å². The Kier molecular flexibility index (Phi) is 5.74. The second kappa shape index (κ2) is 8.61. The van der Waals surface area contributed by atoms with Crippen LogP contribution in [0.15, 0.2) is 54.7 Å². The van der Waals surface area contributed by atoms with Crippen molar-refractivity contribution < 1.29 is 14.3 Å². The van der Waals surface area contributed by atoms with Crippen molar-refractivity contribution in [3.8, 4) is 5.75 Å². The number of amides is 2. The van der Waals surface area contributed by atoms with E-state index in [2.05, 4.69) is 0 Å². The Bertz CT molecular complexity index is 1070. The smallest absolute Gasteiger partial charge is 0.253 e. The Morgan fingerprint density at radius 3 is 2.57 bits per heavy atom. The Hall–Kier alpha value is -3.28. The lowest BCUT2D eigenvalue weighted by Crippen LogP contribution is -2.38. The molecule has 1 aliphatic rings. The summed E-state index contributed by atoms with van der Waals surface area (Å²) in [6.07, 6.45) is 2.72. The fraction of sp³-hybridized carbons (Fsp3) is 0.333. The van der Waals surface area contributed by atoms with Gasteiger partial charge in [-0.3, -0.25) is 9.59 Å². The normalized spacial score (nSPS) is 14.6. The van der Waals surface area contributed by atoms with Crippen LogP contribution in [0.4, 0.5) is 0 Å². The van der Waals surface area contributed by atoms with Crippen molar-refractivity contribution in [1.29, 1.82) is 0 Å². The van der Waals surface area contributed by atoms with E-state index in [9.17, 15) is 9.59 Å². The largest absolute Gasteiger partial charge is 0.497 e. The highest BCUT2D eigenvalue weighted by atomic mass is 16.5. The SMILES string of the molecule is COc1ccc2c(ccn2CC(=O)N2CCCN(C(=O)c3cccc(C)c3)CC2)c1. The number of hydrogen-bond acceptors (Lipinski definition) is 3. The van der Waals surface area contributed by atoms with E-state index in [1.165, 1.54) is 0 Å². The summed E-state index contributed by atoms with van der Waals surface area (Å²) in [5.41, 5.74) is 2.79. The standard InChI is InChI=1S/C24H27N3O3/c1-18-5-3-6-20(15-18)24(29)26-11-4-10-25(13-14-26)23(28)17-27-12-9-19-16-21(30-2)7-8-22(19)27/h3,5-9,12,15-16H,4,10-11,13-14,17H2,1-2H3. The van der Waals surface area contributed by atoms with Crippen LogP contribution in [0.2, 0.25) is 0 Å². The summed E-state index contributed by atoms with van der Waals surface area (Å²) >= 11 is 0. The third-order valence-corrected chi connectivity index (χ3v) is 5.68. The first-order valence-electron chi connectivity index (χ1n) is 10.3. The lowest BCUT2D eigenvalue weighted by atomic mass is 10.1. The summed E-state index contributed by atoms with van der Waals surface area (Å²) in [5, 5.41) is 1.05. The first kappa shape index (κ1) is 20.0. The Morgan fingerprint density at radius 1 is 0.967 bits per heavy atom. The molecule has 3 aromatic rings. The molecule has 1 saturated heterocycles. The summed E-state index contributed by atoms with van der Waals surface area (Å²) in [5.74, 6) is 0.920. The molecule has 2 heterocycles. The molecule has 0 radical (unpaired) electrons. The molecule has 30 heavy (non-hydrogen) atoms. The van der Waals surface area contributed by atoms with Gasteiger partial charge in [-0.15, -0.1) is 0 Å². The zero-order valence-electron chi connectivity index (χ0n) is 17.5. The number of benzene rings is 2. The zero-order valence-corrected chi connectivity index (χ0v) is 17.5. The fourth-order valence-corrected chi connectivity index (χ4v) is 4.02. The van der Waals surface area contributed by atoms with Crippen molar-refractivity contribution in [2.24, 2.45) is 0 Å². The lowest BCUT2D eigenvalue weighted by molar-refractivity contribution is -0.131. The van der Waals surface area contributed by atoms with Crippen LogP contribution in [0.25, 0.3) is 10.9 Å². The molecule has 0 N–H and O–H groups in total. The summed E-state index contributed by atoms with van der Waals surface area (Å²) in [6.45, 7) is 4.74. The maximum atomic E-state index is 13.0. The van der Waals surface area contributed by atoms with E-state index in [4.69, 9.17) is 4.74 Å². The number of carbonyl (C=O) groups is 2. The van der Waals surface area contributed by atoms with Crippen molar-refractivity contribution in [1.82, 2.24) is 14.4 Å². The monoisotopic (exact) mass is 405 g/mol. The highest BCUT2D eigenvalue weighted by Crippen LogP contribution is 2.22. The van der Waals surface area contributed by atoms with Crippen molar-refractivity contribution in [3.05, 3.63) is 65.9 Å². The Labute approximate surface area is 176 Å². The third kappa shape index (κ3) is 4.17. The molecule has 4 rings (SSSR count). The quantitative estimate of drug-likeness (QED) is 0.669. The van der Waals surface area contributed by atoms with Gasteiger partial charge in [0.15, 0.2) is 0 Å². The second-order valence-electron chi connectivity index (χ2n) is 7.76. The zero-order chi connectivity index (χ0) is 21.1. The number of methoxy groups -OCH3 is 1. The number of fused-ring (bicyclic) bond motifs is 1. The first-order chi connectivity index (χ1) is 14.5. The van der Waals surface area contributed by atoms with E-state index in [-0.39, 0.29) is 11.8 Å². The average Bonchev–Trinajstić information content (AvgIpc) is 2.98.